The van der Waals surface area contributed by atoms with Gasteiger partial charge in [0.05, 0.1) is 0 Å². The highest BCUT2D eigenvalue weighted by Gasteiger charge is 2.02. The van der Waals surface area contributed by atoms with E-state index in [1.54, 1.807) is 12.1 Å². The average Bonchev–Trinajstić information content (AvgIpc) is 2.61. The summed E-state index contributed by atoms with van der Waals surface area (Å²) in [5.41, 5.74) is 4.63. The second-order valence-electron chi connectivity index (χ2n) is 7.17. The van der Waals surface area contributed by atoms with Gasteiger partial charge in [0.15, 0.2) is 11.5 Å². The van der Waals surface area contributed by atoms with Crippen LogP contribution in [-0.2, 0) is 4.79 Å². The number of carboxylic acid groups (broad SMARTS) is 1. The van der Waals surface area contributed by atoms with Crippen molar-refractivity contribution in [3.8, 4) is 11.5 Å². The maximum atomic E-state index is 10.5. The van der Waals surface area contributed by atoms with Crippen LogP contribution in [0.1, 0.15) is 58.9 Å². The van der Waals surface area contributed by atoms with Crippen molar-refractivity contribution in [1.82, 2.24) is 0 Å². The highest BCUT2D eigenvalue weighted by atomic mass is 16.5. The molecule has 0 aliphatic rings. The van der Waals surface area contributed by atoms with Crippen molar-refractivity contribution in [3.63, 3.8) is 0 Å². The Balaban J connectivity index is 2.43. The third-order valence-electron chi connectivity index (χ3n) is 4.19. The van der Waals surface area contributed by atoms with E-state index in [9.17, 15) is 9.90 Å². The van der Waals surface area contributed by atoms with Crippen molar-refractivity contribution < 1.29 is 19.7 Å². The zero-order chi connectivity index (χ0) is 20.9. The summed E-state index contributed by atoms with van der Waals surface area (Å²) in [7, 11) is 0. The third-order valence-corrected chi connectivity index (χ3v) is 4.19. The van der Waals surface area contributed by atoms with Crippen LogP contribution in [0.2, 0.25) is 0 Å². The van der Waals surface area contributed by atoms with E-state index < -0.39 is 5.97 Å². The van der Waals surface area contributed by atoms with Crippen LogP contribution in [0.15, 0.2) is 59.2 Å². The van der Waals surface area contributed by atoms with Crippen LogP contribution in [-0.4, -0.2) is 22.8 Å². The molecular formula is C24H32O4. The molecule has 0 aromatic heterocycles. The Morgan fingerprint density at radius 3 is 2.25 bits per heavy atom. The van der Waals surface area contributed by atoms with Crippen molar-refractivity contribution in [1.29, 1.82) is 0 Å². The summed E-state index contributed by atoms with van der Waals surface area (Å²) < 4.78 is 5.60. The van der Waals surface area contributed by atoms with E-state index >= 15 is 0 Å². The number of allylic oxidation sites excluding steroid dienone is 5. The normalized spacial score (nSPS) is 12.3. The zero-order valence-electron chi connectivity index (χ0n) is 17.4. The van der Waals surface area contributed by atoms with Gasteiger partial charge in [0.2, 0.25) is 0 Å². The predicted octanol–water partition coefficient (Wildman–Crippen LogP) is 6.29. The van der Waals surface area contributed by atoms with Gasteiger partial charge in [-0.2, -0.15) is 0 Å². The largest absolute Gasteiger partial charge is 0.504 e. The molecule has 1 aromatic carbocycles. The Morgan fingerprint density at radius 2 is 1.64 bits per heavy atom. The average molecular weight is 385 g/mol. The second-order valence-corrected chi connectivity index (χ2v) is 7.17. The summed E-state index contributed by atoms with van der Waals surface area (Å²) >= 11 is 0. The standard InChI is InChI=1S/C24H32O4/c1-18(2)7-5-8-19(3)9-6-10-20(4)15-16-28-23-13-11-21(17-22(23)25)12-14-24(26)27/h7,9,11-15,17,25H,5-6,8,10,16H2,1-4H3,(H,26,27)/b14-12+,19-9+,20-15+. The molecule has 0 saturated carbocycles. The highest BCUT2D eigenvalue weighted by molar-refractivity contribution is 5.85. The number of hydrogen-bond acceptors (Lipinski definition) is 3. The van der Waals surface area contributed by atoms with Crippen LogP contribution in [0.5, 0.6) is 11.5 Å². The third kappa shape index (κ3) is 10.4. The molecule has 4 heteroatoms. The van der Waals surface area contributed by atoms with Crippen LogP contribution < -0.4 is 4.74 Å². The molecule has 28 heavy (non-hydrogen) atoms. The quantitative estimate of drug-likeness (QED) is 0.348. The molecule has 0 aliphatic carbocycles. The van der Waals surface area contributed by atoms with E-state index in [1.807, 2.05) is 6.08 Å². The van der Waals surface area contributed by atoms with Gasteiger partial charge in [-0.15, -0.1) is 0 Å². The molecular weight excluding hydrogens is 352 g/mol. The molecule has 0 heterocycles. The molecule has 152 valence electrons. The monoisotopic (exact) mass is 384 g/mol. The minimum absolute atomic E-state index is 0.00600. The molecule has 0 unspecified atom stereocenters. The van der Waals surface area contributed by atoms with Gasteiger partial charge < -0.3 is 14.9 Å². The van der Waals surface area contributed by atoms with E-state index in [4.69, 9.17) is 9.84 Å². The maximum Gasteiger partial charge on any atom is 0.328 e. The molecule has 1 aromatic rings. The lowest BCUT2D eigenvalue weighted by Crippen LogP contribution is -1.95. The zero-order valence-corrected chi connectivity index (χ0v) is 17.4. The molecule has 0 bridgehead atoms. The molecule has 0 radical (unpaired) electrons. The van der Waals surface area contributed by atoms with Gasteiger partial charge in [0, 0.05) is 6.08 Å². The minimum Gasteiger partial charge on any atom is -0.504 e. The van der Waals surface area contributed by atoms with Crippen molar-refractivity contribution in [2.24, 2.45) is 0 Å². The molecule has 1 rings (SSSR count). The number of carbonyl (C=O) groups is 1. The summed E-state index contributed by atoms with van der Waals surface area (Å²) in [4.78, 5) is 10.5. The number of rotatable bonds is 11. The smallest absolute Gasteiger partial charge is 0.328 e. The van der Waals surface area contributed by atoms with E-state index in [0.717, 1.165) is 31.8 Å². The fourth-order valence-electron chi connectivity index (χ4n) is 2.54. The second kappa shape index (κ2) is 12.6. The topological polar surface area (TPSA) is 66.8 Å². The lowest BCUT2D eigenvalue weighted by molar-refractivity contribution is -0.131. The molecule has 4 nitrogen and oxygen atoms in total. The first-order chi connectivity index (χ1) is 13.3. The van der Waals surface area contributed by atoms with Crippen LogP contribution >= 0.6 is 0 Å². The van der Waals surface area contributed by atoms with E-state index in [2.05, 4.69) is 39.8 Å². The van der Waals surface area contributed by atoms with E-state index in [1.165, 1.54) is 28.9 Å². The van der Waals surface area contributed by atoms with Crippen molar-refractivity contribution in [3.05, 3.63) is 64.8 Å². The lowest BCUT2D eigenvalue weighted by Gasteiger charge is -2.07. The minimum atomic E-state index is -1.03. The van der Waals surface area contributed by atoms with Gasteiger partial charge in [0.1, 0.15) is 6.61 Å². The first-order valence-electron chi connectivity index (χ1n) is 9.59. The first-order valence-corrected chi connectivity index (χ1v) is 9.59. The number of ether oxygens (including phenoxy) is 1. The number of carboxylic acids is 1. The molecule has 0 saturated heterocycles. The molecule has 0 atom stereocenters. The summed E-state index contributed by atoms with van der Waals surface area (Å²) in [5, 5.41) is 18.6. The van der Waals surface area contributed by atoms with Crippen molar-refractivity contribution >= 4 is 12.0 Å². The Hall–Kier alpha value is -2.75. The Morgan fingerprint density at radius 1 is 1.00 bits per heavy atom. The predicted molar refractivity (Wildman–Crippen MR) is 116 cm³/mol. The van der Waals surface area contributed by atoms with Gasteiger partial charge in [-0.3, -0.25) is 0 Å². The molecule has 0 aliphatic heterocycles. The number of benzene rings is 1. The number of phenols is 1. The summed E-state index contributed by atoms with van der Waals surface area (Å²) in [6, 6.07) is 4.82. The fraction of sp³-hybridized carbons (Fsp3) is 0.375. The van der Waals surface area contributed by atoms with Crippen LogP contribution in [0.25, 0.3) is 6.08 Å². The SMILES string of the molecule is CC(C)=CCC/C(C)=C/CC/C(C)=C/COc1ccc(/C=C/C(=O)O)cc1O. The molecule has 0 fully saturated rings. The van der Waals surface area contributed by atoms with Gasteiger partial charge in [-0.05, 0) is 83.2 Å². The molecule has 2 N–H and O–H groups in total. The van der Waals surface area contributed by atoms with Crippen LogP contribution in [0, 0.1) is 0 Å². The maximum absolute atomic E-state index is 10.5. The summed E-state index contributed by atoms with van der Waals surface area (Å²) in [6.07, 6.45) is 13.2. The number of hydrogen-bond donors (Lipinski definition) is 2. The Labute approximate surface area is 168 Å². The summed E-state index contributed by atoms with van der Waals surface area (Å²) in [6.45, 7) is 8.89. The number of aromatic hydroxyl groups is 1. The molecule has 0 amide bonds. The van der Waals surface area contributed by atoms with E-state index in [-0.39, 0.29) is 5.75 Å². The van der Waals surface area contributed by atoms with Gasteiger partial charge in [0.25, 0.3) is 0 Å². The van der Waals surface area contributed by atoms with E-state index in [0.29, 0.717) is 17.9 Å². The first kappa shape index (κ1) is 23.3. The van der Waals surface area contributed by atoms with Crippen LogP contribution in [0.4, 0.5) is 0 Å². The fourth-order valence-corrected chi connectivity index (χ4v) is 2.54. The Kier molecular flexibility index (Phi) is 10.5. The van der Waals surface area contributed by atoms with Crippen molar-refractivity contribution in [2.45, 2.75) is 53.4 Å². The number of phenolic OH excluding ortho intramolecular Hbond substituents is 1. The van der Waals surface area contributed by atoms with Crippen LogP contribution in [0.3, 0.4) is 0 Å². The van der Waals surface area contributed by atoms with Crippen molar-refractivity contribution in [2.75, 3.05) is 6.61 Å². The highest BCUT2D eigenvalue weighted by Crippen LogP contribution is 2.27. The lowest BCUT2D eigenvalue weighted by atomic mass is 10.1. The Bertz CT molecular complexity index is 763. The number of aliphatic carboxylic acids is 1. The summed E-state index contributed by atoms with van der Waals surface area (Å²) in [5.74, 6) is -0.654. The van der Waals surface area contributed by atoms with Gasteiger partial charge in [-0.1, -0.05) is 34.9 Å². The van der Waals surface area contributed by atoms with Gasteiger partial charge >= 0.3 is 5.97 Å². The molecule has 0 spiro atoms. The van der Waals surface area contributed by atoms with Gasteiger partial charge in [-0.25, -0.2) is 4.79 Å².